The Morgan fingerprint density at radius 3 is 2.84 bits per heavy atom. The van der Waals surface area contributed by atoms with E-state index in [0.717, 1.165) is 0 Å². The molecular formula is C12H18N4O3. The average Bonchev–Trinajstić information content (AvgIpc) is 2.66. The van der Waals surface area contributed by atoms with Crippen molar-refractivity contribution in [2.45, 2.75) is 37.5 Å². The summed E-state index contributed by atoms with van der Waals surface area (Å²) < 4.78 is 0. The van der Waals surface area contributed by atoms with Gasteiger partial charge in [-0.1, -0.05) is 0 Å². The Morgan fingerprint density at radius 1 is 1.42 bits per heavy atom. The van der Waals surface area contributed by atoms with Crippen molar-refractivity contribution in [1.29, 1.82) is 0 Å². The zero-order valence-electron chi connectivity index (χ0n) is 10.4. The number of carbonyl (C=O) groups is 1. The molecule has 0 bridgehead atoms. The van der Waals surface area contributed by atoms with E-state index in [4.69, 9.17) is 5.73 Å². The largest absolute Gasteiger partial charge is 0.390 e. The normalized spacial score (nSPS) is 30.2. The Labute approximate surface area is 110 Å². The van der Waals surface area contributed by atoms with Crippen molar-refractivity contribution in [1.82, 2.24) is 9.97 Å². The highest BCUT2D eigenvalue weighted by Crippen LogP contribution is 2.31. The molecule has 1 amide bonds. The van der Waals surface area contributed by atoms with E-state index in [9.17, 15) is 15.0 Å². The molecule has 0 aliphatic heterocycles. The van der Waals surface area contributed by atoms with E-state index in [0.29, 0.717) is 18.7 Å². The number of aliphatic hydroxyl groups is 2. The molecular weight excluding hydrogens is 248 g/mol. The van der Waals surface area contributed by atoms with Crippen LogP contribution in [0.1, 0.15) is 19.3 Å². The number of nitrogens with two attached hydrogens (primary N) is 1. The molecule has 4 unspecified atom stereocenters. The molecule has 7 nitrogen and oxygen atoms in total. The summed E-state index contributed by atoms with van der Waals surface area (Å²) in [5.74, 6) is 0.0120. The minimum atomic E-state index is -0.889. The predicted octanol–water partition coefficient (Wildman–Crippen LogP) is -0.736. The maximum Gasteiger partial charge on any atom is 0.217 e. The van der Waals surface area contributed by atoms with Crippen LogP contribution in [0.4, 0.5) is 5.82 Å². The third-order valence-electron chi connectivity index (χ3n) is 3.46. The minimum Gasteiger partial charge on any atom is -0.390 e. The molecule has 19 heavy (non-hydrogen) atoms. The fourth-order valence-electron chi connectivity index (χ4n) is 2.45. The van der Waals surface area contributed by atoms with Crippen molar-refractivity contribution < 1.29 is 15.0 Å². The van der Waals surface area contributed by atoms with Gasteiger partial charge in [0.2, 0.25) is 5.91 Å². The molecule has 1 heterocycles. The van der Waals surface area contributed by atoms with Crippen LogP contribution in [-0.4, -0.2) is 44.3 Å². The van der Waals surface area contributed by atoms with Gasteiger partial charge < -0.3 is 21.3 Å². The van der Waals surface area contributed by atoms with Crippen LogP contribution in [0.5, 0.6) is 0 Å². The van der Waals surface area contributed by atoms with Crippen LogP contribution >= 0.6 is 0 Å². The number of amides is 1. The number of carbonyl (C=O) groups excluding carboxylic acids is 1. The van der Waals surface area contributed by atoms with E-state index in [-0.39, 0.29) is 18.4 Å². The number of nitrogens with zero attached hydrogens (tertiary/aromatic N) is 2. The van der Waals surface area contributed by atoms with Gasteiger partial charge in [-0.05, 0) is 18.8 Å². The molecule has 5 N–H and O–H groups in total. The van der Waals surface area contributed by atoms with Crippen LogP contribution in [0.3, 0.4) is 0 Å². The summed E-state index contributed by atoms with van der Waals surface area (Å²) in [5, 5.41) is 23.0. The SMILES string of the molecule is NC(=O)CCC1CC(Nc2cnccn2)C(O)C1O. The minimum absolute atomic E-state index is 0.142. The van der Waals surface area contributed by atoms with Gasteiger partial charge in [0.05, 0.1) is 18.3 Å². The van der Waals surface area contributed by atoms with Gasteiger partial charge >= 0.3 is 0 Å². The van der Waals surface area contributed by atoms with Crippen molar-refractivity contribution in [2.75, 3.05) is 5.32 Å². The number of hydrogen-bond acceptors (Lipinski definition) is 6. The first kappa shape index (κ1) is 13.7. The van der Waals surface area contributed by atoms with Crippen LogP contribution in [0.25, 0.3) is 0 Å². The summed E-state index contributed by atoms with van der Waals surface area (Å²) in [6, 6.07) is -0.301. The van der Waals surface area contributed by atoms with Gasteiger partial charge in [-0.25, -0.2) is 4.98 Å². The number of aromatic nitrogens is 2. The molecule has 1 saturated carbocycles. The predicted molar refractivity (Wildman–Crippen MR) is 68.0 cm³/mol. The molecule has 1 aliphatic rings. The quantitative estimate of drug-likeness (QED) is 0.557. The van der Waals surface area contributed by atoms with Gasteiger partial charge in [-0.2, -0.15) is 0 Å². The van der Waals surface area contributed by atoms with Crippen molar-refractivity contribution in [3.8, 4) is 0 Å². The standard InChI is InChI=1S/C12H18N4O3/c13-9(17)2-1-7-5-8(12(19)11(7)18)16-10-6-14-3-4-15-10/h3-4,6-8,11-12,18-19H,1-2,5H2,(H2,13,17)(H,15,16). The van der Waals surface area contributed by atoms with Gasteiger partial charge in [0.25, 0.3) is 0 Å². The molecule has 0 radical (unpaired) electrons. The van der Waals surface area contributed by atoms with Gasteiger partial charge in [0, 0.05) is 18.8 Å². The lowest BCUT2D eigenvalue weighted by molar-refractivity contribution is -0.118. The van der Waals surface area contributed by atoms with Gasteiger partial charge in [0.15, 0.2) is 0 Å². The van der Waals surface area contributed by atoms with E-state index < -0.39 is 18.1 Å². The second kappa shape index (κ2) is 5.94. The van der Waals surface area contributed by atoms with Crippen LogP contribution in [0.15, 0.2) is 18.6 Å². The van der Waals surface area contributed by atoms with Crippen molar-refractivity contribution in [3.05, 3.63) is 18.6 Å². The summed E-state index contributed by atoms with van der Waals surface area (Å²) >= 11 is 0. The van der Waals surface area contributed by atoms with Gasteiger partial charge in [-0.3, -0.25) is 9.78 Å². The summed E-state index contributed by atoms with van der Waals surface area (Å²) in [6.07, 6.45) is 4.17. The second-order valence-electron chi connectivity index (χ2n) is 4.82. The lowest BCUT2D eigenvalue weighted by Gasteiger charge is -2.18. The Morgan fingerprint density at radius 2 is 2.21 bits per heavy atom. The highest BCUT2D eigenvalue weighted by Gasteiger charge is 2.41. The first-order valence-corrected chi connectivity index (χ1v) is 6.25. The molecule has 4 atom stereocenters. The fourth-order valence-corrected chi connectivity index (χ4v) is 2.45. The molecule has 0 saturated heterocycles. The van der Waals surface area contributed by atoms with Crippen LogP contribution in [-0.2, 0) is 4.79 Å². The first-order valence-electron chi connectivity index (χ1n) is 6.25. The number of rotatable bonds is 5. The average molecular weight is 266 g/mol. The molecule has 104 valence electrons. The number of aliphatic hydroxyl groups excluding tert-OH is 2. The number of nitrogens with one attached hydrogen (secondary N) is 1. The molecule has 0 aromatic carbocycles. The molecule has 0 spiro atoms. The summed E-state index contributed by atoms with van der Waals surface area (Å²) in [6.45, 7) is 0. The number of primary amides is 1. The monoisotopic (exact) mass is 266 g/mol. The van der Waals surface area contributed by atoms with E-state index in [1.54, 1.807) is 18.6 Å². The Kier molecular flexibility index (Phi) is 4.28. The van der Waals surface area contributed by atoms with Gasteiger partial charge in [0.1, 0.15) is 11.9 Å². The Balaban J connectivity index is 1.94. The highest BCUT2D eigenvalue weighted by molar-refractivity contribution is 5.73. The van der Waals surface area contributed by atoms with Crippen LogP contribution in [0, 0.1) is 5.92 Å². The van der Waals surface area contributed by atoms with E-state index in [2.05, 4.69) is 15.3 Å². The lowest BCUT2D eigenvalue weighted by Crippen LogP contribution is -2.35. The van der Waals surface area contributed by atoms with E-state index in [1.165, 1.54) is 0 Å². The topological polar surface area (TPSA) is 121 Å². The van der Waals surface area contributed by atoms with Crippen LogP contribution < -0.4 is 11.1 Å². The van der Waals surface area contributed by atoms with Crippen molar-refractivity contribution >= 4 is 11.7 Å². The van der Waals surface area contributed by atoms with E-state index >= 15 is 0 Å². The Hall–Kier alpha value is -1.73. The second-order valence-corrected chi connectivity index (χ2v) is 4.82. The summed E-state index contributed by atoms with van der Waals surface area (Å²) in [7, 11) is 0. The molecule has 2 rings (SSSR count). The molecule has 1 aromatic heterocycles. The zero-order chi connectivity index (χ0) is 13.8. The Bertz CT molecular complexity index is 428. The third-order valence-corrected chi connectivity index (χ3v) is 3.46. The molecule has 1 aromatic rings. The lowest BCUT2D eigenvalue weighted by atomic mass is 9.99. The van der Waals surface area contributed by atoms with Crippen LogP contribution in [0.2, 0.25) is 0 Å². The van der Waals surface area contributed by atoms with Crippen molar-refractivity contribution in [3.63, 3.8) is 0 Å². The molecule has 1 fully saturated rings. The number of hydrogen-bond donors (Lipinski definition) is 4. The fraction of sp³-hybridized carbons (Fsp3) is 0.583. The zero-order valence-corrected chi connectivity index (χ0v) is 10.4. The summed E-state index contributed by atoms with van der Waals surface area (Å²) in [4.78, 5) is 18.7. The highest BCUT2D eigenvalue weighted by atomic mass is 16.3. The smallest absolute Gasteiger partial charge is 0.217 e. The molecule has 7 heteroatoms. The maximum atomic E-state index is 10.8. The van der Waals surface area contributed by atoms with Crippen molar-refractivity contribution in [2.24, 2.45) is 11.7 Å². The van der Waals surface area contributed by atoms with Gasteiger partial charge in [-0.15, -0.1) is 0 Å². The van der Waals surface area contributed by atoms with E-state index in [1.807, 2.05) is 0 Å². The maximum absolute atomic E-state index is 10.8. The summed E-state index contributed by atoms with van der Waals surface area (Å²) in [5.41, 5.74) is 5.09. The number of anilines is 1. The first-order chi connectivity index (χ1) is 9.08. The molecule has 1 aliphatic carbocycles. The third kappa shape index (κ3) is 3.39.